The van der Waals surface area contributed by atoms with E-state index in [1.54, 1.807) is 14.2 Å². The number of hydrogen-bond donors (Lipinski definition) is 0. The molecular weight excluding hydrogens is 288 g/mol. The van der Waals surface area contributed by atoms with E-state index in [0.717, 1.165) is 47.3 Å². The first-order chi connectivity index (χ1) is 11.3. The quantitative estimate of drug-likeness (QED) is 0.858. The molecule has 122 valence electrons. The van der Waals surface area contributed by atoms with E-state index >= 15 is 0 Å². The second-order valence-corrected chi connectivity index (χ2v) is 6.72. The van der Waals surface area contributed by atoms with Gasteiger partial charge in [0.25, 0.3) is 0 Å². The van der Waals surface area contributed by atoms with Crippen LogP contribution in [0, 0.1) is 11.8 Å². The molecule has 2 aromatic rings. The molecule has 1 saturated heterocycles. The molecule has 4 nitrogen and oxygen atoms in total. The molecule has 0 spiro atoms. The number of anilines is 1. The zero-order valence-electron chi connectivity index (χ0n) is 13.9. The van der Waals surface area contributed by atoms with Crippen LogP contribution in [0.25, 0.3) is 10.9 Å². The summed E-state index contributed by atoms with van der Waals surface area (Å²) in [4.78, 5) is 7.02. The van der Waals surface area contributed by atoms with Crippen LogP contribution in [0.5, 0.6) is 11.5 Å². The van der Waals surface area contributed by atoms with Gasteiger partial charge in [0.2, 0.25) is 0 Å². The monoisotopic (exact) mass is 312 g/mol. The molecule has 1 aromatic heterocycles. The van der Waals surface area contributed by atoms with E-state index < -0.39 is 0 Å². The minimum Gasteiger partial charge on any atom is -0.493 e. The van der Waals surface area contributed by atoms with Gasteiger partial charge in [-0.15, -0.1) is 0 Å². The third kappa shape index (κ3) is 2.71. The topological polar surface area (TPSA) is 34.6 Å². The number of benzene rings is 1. The van der Waals surface area contributed by atoms with Crippen molar-refractivity contribution in [2.75, 3.05) is 32.2 Å². The van der Waals surface area contributed by atoms with Crippen molar-refractivity contribution in [3.05, 3.63) is 24.4 Å². The molecule has 1 saturated carbocycles. The Bertz CT molecular complexity index is 704. The molecular formula is C19H24N2O2. The molecule has 0 amide bonds. The van der Waals surface area contributed by atoms with Crippen LogP contribution in [0.3, 0.4) is 0 Å². The van der Waals surface area contributed by atoms with Gasteiger partial charge >= 0.3 is 0 Å². The average molecular weight is 312 g/mol. The number of piperidine rings is 1. The molecule has 1 aromatic carbocycles. The third-order valence-corrected chi connectivity index (χ3v) is 5.39. The average Bonchev–Trinajstić information content (AvgIpc) is 3.45. The molecule has 2 heterocycles. The predicted octanol–water partition coefficient (Wildman–Crippen LogP) is 3.88. The minimum atomic E-state index is 0.733. The first kappa shape index (κ1) is 14.6. The Morgan fingerprint density at radius 2 is 1.61 bits per heavy atom. The largest absolute Gasteiger partial charge is 0.493 e. The van der Waals surface area contributed by atoms with Crippen molar-refractivity contribution >= 4 is 16.6 Å². The lowest BCUT2D eigenvalue weighted by molar-refractivity contribution is 0.355. The molecule has 0 bridgehead atoms. The van der Waals surface area contributed by atoms with Crippen LogP contribution in [-0.4, -0.2) is 32.3 Å². The maximum atomic E-state index is 5.47. The lowest BCUT2D eigenvalue weighted by Gasteiger charge is -2.34. The number of pyridine rings is 1. The predicted molar refractivity (Wildman–Crippen MR) is 92.5 cm³/mol. The number of ether oxygens (including phenoxy) is 2. The fourth-order valence-electron chi connectivity index (χ4n) is 3.91. The van der Waals surface area contributed by atoms with Crippen molar-refractivity contribution < 1.29 is 9.47 Å². The van der Waals surface area contributed by atoms with Gasteiger partial charge in [-0.3, -0.25) is 4.98 Å². The fourth-order valence-corrected chi connectivity index (χ4v) is 3.91. The van der Waals surface area contributed by atoms with Gasteiger partial charge in [-0.25, -0.2) is 0 Å². The number of hydrogen-bond acceptors (Lipinski definition) is 4. The Kier molecular flexibility index (Phi) is 3.76. The lowest BCUT2D eigenvalue weighted by atomic mass is 9.91. The molecule has 1 aliphatic carbocycles. The first-order valence-corrected chi connectivity index (χ1v) is 8.56. The highest BCUT2D eigenvalue weighted by atomic mass is 16.5. The molecule has 2 aliphatic rings. The highest BCUT2D eigenvalue weighted by Gasteiger charge is 2.33. The van der Waals surface area contributed by atoms with E-state index in [2.05, 4.69) is 22.0 Å². The number of aromatic nitrogens is 1. The van der Waals surface area contributed by atoms with Gasteiger partial charge < -0.3 is 14.4 Å². The summed E-state index contributed by atoms with van der Waals surface area (Å²) < 4.78 is 10.9. The number of rotatable bonds is 4. The Morgan fingerprint density at radius 1 is 0.957 bits per heavy atom. The zero-order chi connectivity index (χ0) is 15.8. The molecule has 4 rings (SSSR count). The molecule has 2 fully saturated rings. The Morgan fingerprint density at radius 3 is 2.26 bits per heavy atom. The lowest BCUT2D eigenvalue weighted by Crippen LogP contribution is -2.34. The molecule has 4 heteroatoms. The second-order valence-electron chi connectivity index (χ2n) is 6.72. The molecule has 0 unspecified atom stereocenters. The van der Waals surface area contributed by atoms with Crippen molar-refractivity contribution in [1.29, 1.82) is 0 Å². The summed E-state index contributed by atoms with van der Waals surface area (Å²) in [7, 11) is 3.34. The molecule has 0 N–H and O–H groups in total. The second kappa shape index (κ2) is 5.91. The van der Waals surface area contributed by atoms with E-state index in [1.807, 2.05) is 12.3 Å². The van der Waals surface area contributed by atoms with Crippen molar-refractivity contribution in [1.82, 2.24) is 4.98 Å². The number of methoxy groups -OCH3 is 2. The van der Waals surface area contributed by atoms with E-state index in [0.29, 0.717) is 0 Å². The third-order valence-electron chi connectivity index (χ3n) is 5.39. The van der Waals surface area contributed by atoms with Crippen LogP contribution in [-0.2, 0) is 0 Å². The minimum absolute atomic E-state index is 0.733. The van der Waals surface area contributed by atoms with Gasteiger partial charge in [-0.2, -0.15) is 0 Å². The Balaban J connectivity index is 1.66. The Hall–Kier alpha value is -1.97. The fraction of sp³-hybridized carbons (Fsp3) is 0.526. The van der Waals surface area contributed by atoms with Crippen LogP contribution >= 0.6 is 0 Å². The highest BCUT2D eigenvalue weighted by molar-refractivity contribution is 5.94. The summed E-state index contributed by atoms with van der Waals surface area (Å²) in [6, 6.07) is 6.16. The molecule has 23 heavy (non-hydrogen) atoms. The number of nitrogens with zero attached hydrogens (tertiary/aromatic N) is 2. The summed E-state index contributed by atoms with van der Waals surface area (Å²) in [6.07, 6.45) is 7.46. The van der Waals surface area contributed by atoms with Gasteiger partial charge in [0.15, 0.2) is 11.5 Å². The van der Waals surface area contributed by atoms with Gasteiger partial charge in [-0.1, -0.05) is 0 Å². The van der Waals surface area contributed by atoms with Crippen molar-refractivity contribution in [3.63, 3.8) is 0 Å². The molecule has 0 atom stereocenters. The van der Waals surface area contributed by atoms with Gasteiger partial charge in [0, 0.05) is 36.4 Å². The van der Waals surface area contributed by atoms with Gasteiger partial charge in [0.05, 0.1) is 19.7 Å². The summed E-state index contributed by atoms with van der Waals surface area (Å²) in [5.74, 6) is 3.48. The first-order valence-electron chi connectivity index (χ1n) is 8.56. The van der Waals surface area contributed by atoms with Gasteiger partial charge in [-0.05, 0) is 49.7 Å². The van der Waals surface area contributed by atoms with Crippen molar-refractivity contribution in [3.8, 4) is 11.5 Å². The molecule has 1 aliphatic heterocycles. The summed E-state index contributed by atoms with van der Waals surface area (Å²) >= 11 is 0. The van der Waals surface area contributed by atoms with Gasteiger partial charge in [0.1, 0.15) is 0 Å². The summed E-state index contributed by atoms with van der Waals surface area (Å²) in [5.41, 5.74) is 2.23. The van der Waals surface area contributed by atoms with Crippen molar-refractivity contribution in [2.24, 2.45) is 11.8 Å². The maximum Gasteiger partial charge on any atom is 0.162 e. The van der Waals surface area contributed by atoms with E-state index in [-0.39, 0.29) is 0 Å². The Labute approximate surface area is 137 Å². The maximum absolute atomic E-state index is 5.47. The van der Waals surface area contributed by atoms with E-state index in [4.69, 9.17) is 9.47 Å². The normalized spacial score (nSPS) is 19.1. The zero-order valence-corrected chi connectivity index (χ0v) is 13.9. The van der Waals surface area contributed by atoms with Crippen LogP contribution in [0.15, 0.2) is 24.4 Å². The van der Waals surface area contributed by atoms with Crippen LogP contribution in [0.2, 0.25) is 0 Å². The SMILES string of the molecule is COc1cc2nccc(N3CCC(C4CC4)CC3)c2cc1OC. The summed E-state index contributed by atoms with van der Waals surface area (Å²) in [6.45, 7) is 2.29. The van der Waals surface area contributed by atoms with Crippen LogP contribution < -0.4 is 14.4 Å². The smallest absolute Gasteiger partial charge is 0.162 e. The highest BCUT2D eigenvalue weighted by Crippen LogP contribution is 2.43. The standard InChI is InChI=1S/C19H24N2O2/c1-22-18-11-15-16(12-19(18)23-2)20-8-5-17(15)21-9-6-14(7-10-21)13-3-4-13/h5,8,11-14H,3-4,6-7,9-10H2,1-2H3. The van der Waals surface area contributed by atoms with Crippen LogP contribution in [0.4, 0.5) is 5.69 Å². The van der Waals surface area contributed by atoms with Crippen molar-refractivity contribution in [2.45, 2.75) is 25.7 Å². The van der Waals surface area contributed by atoms with E-state index in [1.165, 1.54) is 31.4 Å². The van der Waals surface area contributed by atoms with E-state index in [9.17, 15) is 0 Å². The number of fused-ring (bicyclic) bond motifs is 1. The van der Waals surface area contributed by atoms with Crippen LogP contribution in [0.1, 0.15) is 25.7 Å². The molecule has 0 radical (unpaired) electrons. The summed E-state index contributed by atoms with van der Waals surface area (Å²) in [5, 5.41) is 1.15.